The normalized spacial score (nSPS) is 16.3. The topological polar surface area (TPSA) is 32.3 Å². The van der Waals surface area contributed by atoms with Crippen LogP contribution in [0.15, 0.2) is 48.5 Å². The van der Waals surface area contributed by atoms with Crippen LogP contribution in [0.4, 0.5) is 10.1 Å². The van der Waals surface area contributed by atoms with Crippen molar-refractivity contribution in [2.75, 3.05) is 18.0 Å². The zero-order valence-corrected chi connectivity index (χ0v) is 13.3. The zero-order valence-electron chi connectivity index (χ0n) is 13.3. The molecule has 2 aromatic rings. The summed E-state index contributed by atoms with van der Waals surface area (Å²) in [5, 5.41) is 2.86. The summed E-state index contributed by atoms with van der Waals surface area (Å²) in [4.78, 5) is 14.4. The maximum absolute atomic E-state index is 13.1. The third-order valence-electron chi connectivity index (χ3n) is 4.30. The molecule has 2 aromatic carbocycles. The van der Waals surface area contributed by atoms with Crippen molar-refractivity contribution in [1.82, 2.24) is 5.32 Å². The van der Waals surface area contributed by atoms with Crippen molar-refractivity contribution in [3.8, 4) is 0 Å². The lowest BCUT2D eigenvalue weighted by molar-refractivity contribution is 0.0953. The monoisotopic (exact) mass is 312 g/mol. The summed E-state index contributed by atoms with van der Waals surface area (Å²) in [6.45, 7) is 3.72. The fourth-order valence-corrected chi connectivity index (χ4v) is 3.15. The lowest BCUT2D eigenvalue weighted by Crippen LogP contribution is -2.33. The number of rotatable bonds is 5. The van der Waals surface area contributed by atoms with Gasteiger partial charge < -0.3 is 10.2 Å². The molecule has 1 aliphatic rings. The molecule has 1 N–H and O–H groups in total. The number of hydrogen-bond donors (Lipinski definition) is 1. The van der Waals surface area contributed by atoms with Gasteiger partial charge >= 0.3 is 0 Å². The number of amides is 1. The lowest BCUT2D eigenvalue weighted by atomic mass is 10.1. The van der Waals surface area contributed by atoms with Gasteiger partial charge in [0.05, 0.1) is 0 Å². The van der Waals surface area contributed by atoms with Gasteiger partial charge in [0.2, 0.25) is 0 Å². The van der Waals surface area contributed by atoms with Gasteiger partial charge in [-0.15, -0.1) is 0 Å². The summed E-state index contributed by atoms with van der Waals surface area (Å²) in [6, 6.07) is 14.7. The first-order chi connectivity index (χ1) is 11.1. The quantitative estimate of drug-likeness (QED) is 0.858. The molecular formula is C19H21FN2O. The van der Waals surface area contributed by atoms with Gasteiger partial charge in [-0.1, -0.05) is 24.3 Å². The first-order valence-corrected chi connectivity index (χ1v) is 8.03. The minimum atomic E-state index is -0.389. The minimum Gasteiger partial charge on any atom is -0.368 e. The highest BCUT2D eigenvalue weighted by Gasteiger charge is 2.24. The molecule has 3 nitrogen and oxygen atoms in total. The van der Waals surface area contributed by atoms with Gasteiger partial charge in [-0.3, -0.25) is 4.79 Å². The van der Waals surface area contributed by atoms with Crippen molar-refractivity contribution in [2.45, 2.75) is 25.8 Å². The molecule has 0 radical (unpaired) electrons. The Bertz CT molecular complexity index is 701. The molecule has 1 atom stereocenters. The SMILES string of the molecule is C[C@H]1Cc2ccccc2N1CCCNC(=O)c1cccc(F)c1. The Morgan fingerprint density at radius 1 is 1.26 bits per heavy atom. The van der Waals surface area contributed by atoms with E-state index in [-0.39, 0.29) is 11.7 Å². The Morgan fingerprint density at radius 3 is 2.91 bits per heavy atom. The first-order valence-electron chi connectivity index (χ1n) is 8.03. The van der Waals surface area contributed by atoms with Crippen molar-refractivity contribution >= 4 is 11.6 Å². The predicted molar refractivity (Wildman–Crippen MR) is 90.3 cm³/mol. The Kier molecular flexibility index (Phi) is 4.60. The van der Waals surface area contributed by atoms with E-state index in [0.29, 0.717) is 18.2 Å². The summed E-state index contributed by atoms with van der Waals surface area (Å²) >= 11 is 0. The van der Waals surface area contributed by atoms with Crippen LogP contribution in [0.3, 0.4) is 0 Å². The van der Waals surface area contributed by atoms with Gasteiger partial charge in [0.1, 0.15) is 5.82 Å². The van der Waals surface area contributed by atoms with E-state index in [1.54, 1.807) is 12.1 Å². The lowest BCUT2D eigenvalue weighted by Gasteiger charge is -2.24. The molecular weight excluding hydrogens is 291 g/mol. The molecule has 0 saturated carbocycles. The van der Waals surface area contributed by atoms with Crippen LogP contribution in [0.2, 0.25) is 0 Å². The Labute approximate surface area is 136 Å². The molecule has 1 heterocycles. The molecule has 0 aromatic heterocycles. The van der Waals surface area contributed by atoms with E-state index in [1.165, 1.54) is 23.4 Å². The second kappa shape index (κ2) is 6.82. The highest BCUT2D eigenvalue weighted by molar-refractivity contribution is 5.94. The molecule has 23 heavy (non-hydrogen) atoms. The molecule has 4 heteroatoms. The minimum absolute atomic E-state index is 0.223. The number of carbonyl (C=O) groups is 1. The van der Waals surface area contributed by atoms with Gasteiger partial charge in [-0.25, -0.2) is 4.39 Å². The number of carbonyl (C=O) groups excluding carboxylic acids is 1. The number of halogens is 1. The van der Waals surface area contributed by atoms with Crippen LogP contribution in [0.25, 0.3) is 0 Å². The number of para-hydroxylation sites is 1. The molecule has 0 saturated heterocycles. The van der Waals surface area contributed by atoms with E-state index in [0.717, 1.165) is 19.4 Å². The molecule has 0 bridgehead atoms. The van der Waals surface area contributed by atoms with Crippen molar-refractivity contribution in [2.24, 2.45) is 0 Å². The third-order valence-corrected chi connectivity index (χ3v) is 4.30. The van der Waals surface area contributed by atoms with Crippen molar-refractivity contribution < 1.29 is 9.18 Å². The number of fused-ring (bicyclic) bond motifs is 1. The molecule has 0 fully saturated rings. The van der Waals surface area contributed by atoms with Crippen LogP contribution in [0.1, 0.15) is 29.3 Å². The number of benzene rings is 2. The molecule has 3 rings (SSSR count). The Balaban J connectivity index is 1.50. The molecule has 120 valence electrons. The van der Waals surface area contributed by atoms with E-state index < -0.39 is 0 Å². The number of anilines is 1. The summed E-state index contributed by atoms with van der Waals surface area (Å²) in [5.74, 6) is -0.612. The van der Waals surface area contributed by atoms with E-state index >= 15 is 0 Å². The van der Waals surface area contributed by atoms with Gasteiger partial charge in [0.25, 0.3) is 5.91 Å². The van der Waals surface area contributed by atoms with E-state index in [9.17, 15) is 9.18 Å². The van der Waals surface area contributed by atoms with Crippen LogP contribution < -0.4 is 10.2 Å². The second-order valence-electron chi connectivity index (χ2n) is 6.00. The molecule has 1 amide bonds. The van der Waals surface area contributed by atoms with Crippen LogP contribution in [-0.2, 0) is 6.42 Å². The smallest absolute Gasteiger partial charge is 0.251 e. The van der Waals surface area contributed by atoms with E-state index in [4.69, 9.17) is 0 Å². The summed E-state index contributed by atoms with van der Waals surface area (Å²) in [5.41, 5.74) is 3.06. The van der Waals surface area contributed by atoms with Crippen molar-refractivity contribution in [3.05, 3.63) is 65.5 Å². The standard InChI is InChI=1S/C19H21FN2O/c1-14-12-15-6-2-3-9-18(15)22(14)11-5-10-21-19(23)16-7-4-8-17(20)13-16/h2-4,6-9,13-14H,5,10-12H2,1H3,(H,21,23)/t14-/m0/s1. The average Bonchev–Trinajstić information content (AvgIpc) is 2.87. The van der Waals surface area contributed by atoms with E-state index in [1.807, 2.05) is 0 Å². The predicted octanol–water partition coefficient (Wildman–Crippen LogP) is 3.40. The van der Waals surface area contributed by atoms with Gasteiger partial charge in [0.15, 0.2) is 0 Å². The number of nitrogens with one attached hydrogen (secondary N) is 1. The zero-order chi connectivity index (χ0) is 16.2. The van der Waals surface area contributed by atoms with Crippen LogP contribution in [-0.4, -0.2) is 25.0 Å². The maximum Gasteiger partial charge on any atom is 0.251 e. The van der Waals surface area contributed by atoms with Crippen molar-refractivity contribution in [3.63, 3.8) is 0 Å². The Hall–Kier alpha value is -2.36. The average molecular weight is 312 g/mol. The van der Waals surface area contributed by atoms with Crippen molar-refractivity contribution in [1.29, 1.82) is 0 Å². The molecule has 1 aliphatic heterocycles. The van der Waals surface area contributed by atoms with E-state index in [2.05, 4.69) is 41.4 Å². The third kappa shape index (κ3) is 3.52. The highest BCUT2D eigenvalue weighted by Crippen LogP contribution is 2.31. The number of hydrogen-bond acceptors (Lipinski definition) is 2. The summed E-state index contributed by atoms with van der Waals surface area (Å²) in [6.07, 6.45) is 1.94. The largest absolute Gasteiger partial charge is 0.368 e. The van der Waals surface area contributed by atoms with Gasteiger partial charge in [-0.05, 0) is 49.6 Å². The van der Waals surface area contributed by atoms with Gasteiger partial charge in [-0.2, -0.15) is 0 Å². The fraction of sp³-hybridized carbons (Fsp3) is 0.316. The molecule has 0 unspecified atom stereocenters. The summed E-state index contributed by atoms with van der Waals surface area (Å²) < 4.78 is 13.1. The second-order valence-corrected chi connectivity index (χ2v) is 6.00. The Morgan fingerprint density at radius 2 is 2.09 bits per heavy atom. The fourth-order valence-electron chi connectivity index (χ4n) is 3.15. The molecule has 0 spiro atoms. The summed E-state index contributed by atoms with van der Waals surface area (Å²) in [7, 11) is 0. The van der Waals surface area contributed by atoms with Crippen LogP contribution >= 0.6 is 0 Å². The van der Waals surface area contributed by atoms with Gasteiger partial charge in [0, 0.05) is 30.4 Å². The van der Waals surface area contributed by atoms with Crippen LogP contribution in [0, 0.1) is 5.82 Å². The van der Waals surface area contributed by atoms with Crippen LogP contribution in [0.5, 0.6) is 0 Å². The number of nitrogens with zero attached hydrogens (tertiary/aromatic N) is 1. The highest BCUT2D eigenvalue weighted by atomic mass is 19.1. The molecule has 0 aliphatic carbocycles. The maximum atomic E-state index is 13.1. The first kappa shape index (κ1) is 15.5.